The van der Waals surface area contributed by atoms with Gasteiger partial charge in [0.15, 0.2) is 0 Å². The number of halogens is 2. The van der Waals surface area contributed by atoms with Crippen LogP contribution in [0.4, 0.5) is 10.1 Å². The molecule has 9 nitrogen and oxygen atoms in total. The highest BCUT2D eigenvalue weighted by molar-refractivity contribution is 6.34. The number of para-hydroxylation sites is 1. The predicted molar refractivity (Wildman–Crippen MR) is 175 cm³/mol. The number of amides is 2. The highest BCUT2D eigenvalue weighted by atomic mass is 35.5. The Kier molecular flexibility index (Phi) is 9.53. The molecule has 1 aromatic heterocycles. The molecule has 2 aliphatic heterocycles. The maximum atomic E-state index is 15.5. The maximum Gasteiger partial charge on any atom is 0.257 e. The van der Waals surface area contributed by atoms with E-state index in [0.29, 0.717) is 18.7 Å². The summed E-state index contributed by atoms with van der Waals surface area (Å²) in [5.74, 6) is -1.10. The molecule has 1 saturated carbocycles. The van der Waals surface area contributed by atoms with Crippen LogP contribution in [0.5, 0.6) is 0 Å². The number of hydrogen-bond acceptors (Lipinski definition) is 6. The van der Waals surface area contributed by atoms with Gasteiger partial charge in [-0.15, -0.1) is 0 Å². The Bertz CT molecular complexity index is 1610. The van der Waals surface area contributed by atoms with Gasteiger partial charge in [0.1, 0.15) is 12.1 Å². The van der Waals surface area contributed by atoms with Crippen molar-refractivity contribution in [3.05, 3.63) is 64.6 Å². The van der Waals surface area contributed by atoms with E-state index in [1.54, 1.807) is 13.3 Å². The Balaban J connectivity index is 1.13. The Labute approximate surface area is 273 Å². The highest BCUT2D eigenvalue weighted by Gasteiger charge is 2.47. The van der Waals surface area contributed by atoms with Gasteiger partial charge >= 0.3 is 0 Å². The smallest absolute Gasteiger partial charge is 0.257 e. The summed E-state index contributed by atoms with van der Waals surface area (Å²) in [5, 5.41) is 3.68. The van der Waals surface area contributed by atoms with Crippen LogP contribution in [0.1, 0.15) is 54.9 Å². The molecule has 246 valence electrons. The average Bonchev–Trinajstić information content (AvgIpc) is 3.62. The second-order valence-corrected chi connectivity index (χ2v) is 13.8. The summed E-state index contributed by atoms with van der Waals surface area (Å²) in [5.41, 5.74) is 1.48. The van der Waals surface area contributed by atoms with Crippen LogP contribution in [0, 0.1) is 11.7 Å². The number of anilines is 1. The minimum Gasteiger partial charge on any atom is -0.376 e. The van der Waals surface area contributed by atoms with Crippen LogP contribution < -0.4 is 5.32 Å². The predicted octanol–water partition coefficient (Wildman–Crippen LogP) is 5.23. The van der Waals surface area contributed by atoms with Crippen molar-refractivity contribution in [2.45, 2.75) is 69.2 Å². The van der Waals surface area contributed by atoms with E-state index in [1.807, 2.05) is 40.8 Å². The van der Waals surface area contributed by atoms with Crippen LogP contribution in [0.25, 0.3) is 10.9 Å². The van der Waals surface area contributed by atoms with Crippen LogP contribution in [-0.4, -0.2) is 89.6 Å². The number of carbonyl (C=O) groups is 3. The first-order valence-corrected chi connectivity index (χ1v) is 16.4. The SMILES string of the molecule is COC1(C)CN([C@H]2C[C@@H](COC3CCC(C=O)CC3)N(C(=O)Cc3cc(Cl)c(NC(=O)c4cn(C)c5ccccc45)cc3F)C2)C1. The fourth-order valence-electron chi connectivity index (χ4n) is 7.25. The van der Waals surface area contributed by atoms with Gasteiger partial charge in [0.25, 0.3) is 5.91 Å². The van der Waals surface area contributed by atoms with Gasteiger partial charge in [-0.3, -0.25) is 14.5 Å². The monoisotopic (exact) mass is 652 g/mol. The number of likely N-dealkylation sites (tertiary alicyclic amines) is 2. The van der Waals surface area contributed by atoms with E-state index in [4.69, 9.17) is 21.1 Å². The number of rotatable bonds is 10. The lowest BCUT2D eigenvalue weighted by atomic mass is 9.88. The third-order valence-electron chi connectivity index (χ3n) is 10.1. The van der Waals surface area contributed by atoms with Crippen molar-refractivity contribution in [2.24, 2.45) is 13.0 Å². The summed E-state index contributed by atoms with van der Waals surface area (Å²) < 4.78 is 29.3. The van der Waals surface area contributed by atoms with Crippen molar-refractivity contribution >= 4 is 46.3 Å². The number of aldehydes is 1. The standard InChI is InChI=1S/C35H42ClFN4O5/c1-35(45-3)20-40(21-35)24-14-25(19-46-26-10-8-22(18-42)9-11-26)41(16-24)33(43)13-23-12-29(36)31(15-30(23)37)38-34(44)28-17-39(2)32-7-5-4-6-27(28)32/h4-7,12,15,17-18,22,24-26H,8-11,13-14,16,19-21H2,1-3H3,(H,38,44)/t22?,24-,25-,26?/m0/s1. The molecular weight excluding hydrogens is 611 g/mol. The third-order valence-corrected chi connectivity index (χ3v) is 10.4. The molecule has 3 aliphatic rings. The second kappa shape index (κ2) is 13.4. The van der Waals surface area contributed by atoms with E-state index >= 15 is 4.39 Å². The zero-order valence-electron chi connectivity index (χ0n) is 26.6. The number of hydrogen-bond donors (Lipinski definition) is 1. The van der Waals surface area contributed by atoms with Crippen LogP contribution >= 0.6 is 11.6 Å². The van der Waals surface area contributed by atoms with E-state index in [2.05, 4.69) is 17.1 Å². The van der Waals surface area contributed by atoms with Crippen molar-refractivity contribution in [2.75, 3.05) is 38.7 Å². The lowest BCUT2D eigenvalue weighted by molar-refractivity contribution is -0.135. The first-order chi connectivity index (χ1) is 22.1. The minimum absolute atomic E-state index is 0.0703. The summed E-state index contributed by atoms with van der Waals surface area (Å²) >= 11 is 6.54. The summed E-state index contributed by atoms with van der Waals surface area (Å²) in [4.78, 5) is 42.2. The first-order valence-electron chi connectivity index (χ1n) is 16.1. The molecule has 3 aromatic rings. The molecule has 6 rings (SSSR count). The Morgan fingerprint density at radius 1 is 1.15 bits per heavy atom. The normalized spacial score (nSPS) is 24.6. The van der Waals surface area contributed by atoms with Crippen molar-refractivity contribution in [3.8, 4) is 0 Å². The number of aromatic nitrogens is 1. The second-order valence-electron chi connectivity index (χ2n) is 13.4. The Morgan fingerprint density at radius 3 is 2.61 bits per heavy atom. The summed E-state index contributed by atoms with van der Waals surface area (Å²) in [6.45, 7) is 4.58. The van der Waals surface area contributed by atoms with Crippen LogP contribution in [0.2, 0.25) is 5.02 Å². The van der Waals surface area contributed by atoms with Crippen molar-refractivity contribution in [3.63, 3.8) is 0 Å². The molecule has 0 unspecified atom stereocenters. The molecule has 2 amide bonds. The lowest BCUT2D eigenvalue weighted by Gasteiger charge is -2.49. The van der Waals surface area contributed by atoms with Gasteiger partial charge in [0.2, 0.25) is 5.91 Å². The van der Waals surface area contributed by atoms with Gasteiger partial charge < -0.3 is 29.1 Å². The van der Waals surface area contributed by atoms with E-state index in [1.165, 1.54) is 12.1 Å². The topological polar surface area (TPSA) is 93.1 Å². The fourth-order valence-corrected chi connectivity index (χ4v) is 7.49. The average molecular weight is 653 g/mol. The number of carbonyl (C=O) groups excluding carboxylic acids is 3. The summed E-state index contributed by atoms with van der Waals surface area (Å²) in [6, 6.07) is 10.2. The first kappa shape index (κ1) is 32.6. The lowest BCUT2D eigenvalue weighted by Crippen LogP contribution is -2.64. The molecule has 1 N–H and O–H groups in total. The van der Waals surface area contributed by atoms with E-state index in [0.717, 1.165) is 62.4 Å². The number of ether oxygens (including phenoxy) is 2. The van der Waals surface area contributed by atoms with Crippen molar-refractivity contribution in [1.82, 2.24) is 14.4 Å². The van der Waals surface area contributed by atoms with Crippen LogP contribution in [-0.2, 0) is 32.5 Å². The minimum atomic E-state index is -0.611. The van der Waals surface area contributed by atoms with Gasteiger partial charge in [0.05, 0.1) is 47.0 Å². The molecular formula is C35H42ClFN4O5. The van der Waals surface area contributed by atoms with Crippen LogP contribution in [0.3, 0.4) is 0 Å². The van der Waals surface area contributed by atoms with Gasteiger partial charge in [0, 0.05) is 62.9 Å². The molecule has 3 fully saturated rings. The maximum absolute atomic E-state index is 15.5. The molecule has 46 heavy (non-hydrogen) atoms. The number of fused-ring (bicyclic) bond motifs is 1. The molecule has 0 spiro atoms. The molecule has 2 atom stereocenters. The quantitative estimate of drug-likeness (QED) is 0.302. The molecule has 3 heterocycles. The number of aryl methyl sites for hydroxylation is 1. The van der Waals surface area contributed by atoms with Gasteiger partial charge in [-0.2, -0.15) is 0 Å². The number of methoxy groups -OCH3 is 1. The van der Waals surface area contributed by atoms with Gasteiger partial charge in [-0.05, 0) is 62.8 Å². The van der Waals surface area contributed by atoms with Crippen LogP contribution in [0.15, 0.2) is 42.6 Å². The van der Waals surface area contributed by atoms with Gasteiger partial charge in [-0.25, -0.2) is 4.39 Å². The molecule has 2 saturated heterocycles. The number of nitrogens with zero attached hydrogens (tertiary/aromatic N) is 3. The van der Waals surface area contributed by atoms with Gasteiger partial charge in [-0.1, -0.05) is 29.8 Å². The molecule has 2 aromatic carbocycles. The molecule has 0 radical (unpaired) electrons. The van der Waals surface area contributed by atoms with Crippen molar-refractivity contribution in [1.29, 1.82) is 0 Å². The number of nitrogens with one attached hydrogen (secondary N) is 1. The summed E-state index contributed by atoms with van der Waals surface area (Å²) in [6.07, 6.45) is 6.75. The largest absolute Gasteiger partial charge is 0.376 e. The summed E-state index contributed by atoms with van der Waals surface area (Å²) in [7, 11) is 3.58. The Hall–Kier alpha value is -3.31. The molecule has 1 aliphatic carbocycles. The van der Waals surface area contributed by atoms with Crippen molar-refractivity contribution < 1.29 is 28.2 Å². The molecule has 0 bridgehead atoms. The third kappa shape index (κ3) is 6.72. The van der Waals surface area contributed by atoms with E-state index in [-0.39, 0.29) is 58.3 Å². The zero-order valence-corrected chi connectivity index (χ0v) is 27.4. The molecule has 11 heteroatoms. The van der Waals surface area contributed by atoms with E-state index < -0.39 is 11.7 Å². The highest BCUT2D eigenvalue weighted by Crippen LogP contribution is 2.34. The fraction of sp³-hybridized carbons (Fsp3) is 0.514. The van der Waals surface area contributed by atoms with E-state index in [9.17, 15) is 14.4 Å². The Morgan fingerprint density at radius 2 is 1.89 bits per heavy atom. The number of benzene rings is 2. The zero-order chi connectivity index (χ0) is 32.6.